The zero-order valence-electron chi connectivity index (χ0n) is 19.1. The first-order valence-corrected chi connectivity index (χ1v) is 12.6. The van der Waals surface area contributed by atoms with Crippen molar-refractivity contribution in [1.82, 2.24) is 9.58 Å². The lowest BCUT2D eigenvalue weighted by Gasteiger charge is -2.20. The molecule has 0 atom stereocenters. The Labute approximate surface area is 207 Å². The second-order valence-corrected chi connectivity index (χ2v) is 10.3. The number of rotatable bonds is 4. The van der Waals surface area contributed by atoms with E-state index < -0.39 is 5.91 Å². The van der Waals surface area contributed by atoms with Crippen LogP contribution in [-0.2, 0) is 10.5 Å². The Morgan fingerprint density at radius 1 is 1.06 bits per heavy atom. The van der Waals surface area contributed by atoms with Gasteiger partial charge in [-0.25, -0.2) is 0 Å². The highest BCUT2D eigenvalue weighted by molar-refractivity contribution is 8.45. The topological polar surface area (TPSA) is 73.8 Å². The molecule has 3 aromatic rings. The van der Waals surface area contributed by atoms with Crippen LogP contribution in [0.25, 0.3) is 11.8 Å². The summed E-state index contributed by atoms with van der Waals surface area (Å²) in [5.41, 5.74) is 6.67. The Balaban J connectivity index is 1.42. The zero-order chi connectivity index (χ0) is 23.8. The van der Waals surface area contributed by atoms with Crippen LogP contribution < -0.4 is 0 Å². The molecule has 0 bridgehead atoms. The van der Waals surface area contributed by atoms with Crippen molar-refractivity contribution in [3.05, 3.63) is 94.3 Å². The van der Waals surface area contributed by atoms with Gasteiger partial charge in [-0.2, -0.15) is 10.0 Å². The van der Waals surface area contributed by atoms with Crippen LogP contribution in [0.5, 0.6) is 0 Å². The number of aliphatic imine (C=N–C) groups is 1. The van der Waals surface area contributed by atoms with Crippen molar-refractivity contribution in [3.63, 3.8) is 0 Å². The molecule has 2 aliphatic heterocycles. The number of hydrogen-bond donors (Lipinski definition) is 1. The third-order valence-corrected chi connectivity index (χ3v) is 7.88. The fourth-order valence-electron chi connectivity index (χ4n) is 4.03. The van der Waals surface area contributed by atoms with Gasteiger partial charge < -0.3 is 4.57 Å². The zero-order valence-corrected chi connectivity index (χ0v) is 20.7. The fraction of sp³-hybridized carbons (Fsp3) is 0.154. The van der Waals surface area contributed by atoms with Crippen molar-refractivity contribution >= 4 is 50.9 Å². The molecule has 0 saturated carbocycles. The Morgan fingerprint density at radius 2 is 1.79 bits per heavy atom. The number of amidine groups is 2. The van der Waals surface area contributed by atoms with E-state index in [0.29, 0.717) is 5.17 Å². The molecule has 0 spiro atoms. The number of thioether (sulfide) groups is 2. The van der Waals surface area contributed by atoms with Gasteiger partial charge in [0, 0.05) is 22.8 Å². The van der Waals surface area contributed by atoms with E-state index in [0.717, 1.165) is 32.8 Å². The van der Waals surface area contributed by atoms with E-state index in [4.69, 9.17) is 5.41 Å². The van der Waals surface area contributed by atoms with Crippen LogP contribution in [-0.4, -0.2) is 30.9 Å². The Kier molecular flexibility index (Phi) is 6.02. The van der Waals surface area contributed by atoms with E-state index in [9.17, 15) is 4.79 Å². The van der Waals surface area contributed by atoms with Gasteiger partial charge in [0.15, 0.2) is 10.2 Å². The molecule has 0 saturated heterocycles. The van der Waals surface area contributed by atoms with Gasteiger partial charge in [-0.1, -0.05) is 60.3 Å². The lowest BCUT2D eigenvalue weighted by Crippen LogP contribution is -2.35. The number of hydrazone groups is 1. The Hall–Kier alpha value is -3.36. The van der Waals surface area contributed by atoms with Gasteiger partial charge in [0.2, 0.25) is 5.17 Å². The lowest BCUT2D eigenvalue weighted by molar-refractivity contribution is -0.114. The summed E-state index contributed by atoms with van der Waals surface area (Å²) in [6, 6.07) is 20.4. The third kappa shape index (κ3) is 4.15. The monoisotopic (exact) mass is 485 g/mol. The van der Waals surface area contributed by atoms with Gasteiger partial charge in [0.25, 0.3) is 5.91 Å². The molecule has 3 heterocycles. The fourth-order valence-corrected chi connectivity index (χ4v) is 5.91. The van der Waals surface area contributed by atoms with Gasteiger partial charge in [-0.15, -0.1) is 5.10 Å². The van der Waals surface area contributed by atoms with Crippen molar-refractivity contribution in [2.75, 3.05) is 0 Å². The van der Waals surface area contributed by atoms with E-state index in [1.807, 2.05) is 50.2 Å². The van der Waals surface area contributed by atoms with Crippen LogP contribution in [0.2, 0.25) is 0 Å². The molecule has 5 rings (SSSR count). The molecule has 170 valence electrons. The number of benzene rings is 2. The highest BCUT2D eigenvalue weighted by Gasteiger charge is 2.36. The van der Waals surface area contributed by atoms with Gasteiger partial charge in [0.05, 0.1) is 5.57 Å². The first-order valence-electron chi connectivity index (χ1n) is 10.8. The molecule has 2 aromatic carbocycles. The number of aryl methyl sites for hydroxylation is 2. The van der Waals surface area contributed by atoms with Crippen LogP contribution in [0.4, 0.5) is 0 Å². The van der Waals surface area contributed by atoms with Gasteiger partial charge >= 0.3 is 0 Å². The molecule has 0 unspecified atom stereocenters. The number of amides is 1. The first-order chi connectivity index (χ1) is 16.4. The molecule has 6 nitrogen and oxygen atoms in total. The van der Waals surface area contributed by atoms with E-state index in [-0.39, 0.29) is 11.4 Å². The van der Waals surface area contributed by atoms with E-state index >= 15 is 0 Å². The maximum absolute atomic E-state index is 12.9. The number of nitrogens with one attached hydrogen (secondary N) is 1. The first kappa shape index (κ1) is 22.4. The summed E-state index contributed by atoms with van der Waals surface area (Å²) in [5.74, 6) is 0.412. The summed E-state index contributed by atoms with van der Waals surface area (Å²) in [7, 11) is 0. The van der Waals surface area contributed by atoms with E-state index in [1.54, 1.807) is 17.8 Å². The quantitative estimate of drug-likeness (QED) is 0.466. The van der Waals surface area contributed by atoms with Crippen molar-refractivity contribution in [3.8, 4) is 5.69 Å². The second-order valence-electron chi connectivity index (χ2n) is 8.11. The standard InChI is InChI=1S/C26H23N5OS2/c1-16-9-7-8-12-22(16)30-17(2)13-20(18(30)3)14-21-23(27)31-25(28-24(21)32)34-26(29-31)33-15-19-10-5-4-6-11-19/h4-14,27H,15H2,1-3H3. The normalized spacial score (nSPS) is 16.7. The summed E-state index contributed by atoms with van der Waals surface area (Å²) in [4.78, 5) is 17.1. The minimum atomic E-state index is -0.408. The van der Waals surface area contributed by atoms with Crippen LogP contribution in [0, 0.1) is 26.2 Å². The number of carbonyl (C=O) groups is 1. The van der Waals surface area contributed by atoms with Crippen LogP contribution >= 0.6 is 23.5 Å². The van der Waals surface area contributed by atoms with Gasteiger partial charge in [-0.05, 0) is 67.4 Å². The molecular weight excluding hydrogens is 462 g/mol. The van der Waals surface area contributed by atoms with Gasteiger partial charge in [0.1, 0.15) is 0 Å². The average molecular weight is 486 g/mol. The van der Waals surface area contributed by atoms with Crippen LogP contribution in [0.15, 0.2) is 76.3 Å². The summed E-state index contributed by atoms with van der Waals surface area (Å²) in [6.45, 7) is 6.16. The number of hydrogen-bond acceptors (Lipinski definition) is 5. The highest BCUT2D eigenvalue weighted by atomic mass is 32.2. The Morgan fingerprint density at radius 3 is 2.56 bits per heavy atom. The van der Waals surface area contributed by atoms with E-state index in [2.05, 4.69) is 45.9 Å². The number of para-hydroxylation sites is 1. The van der Waals surface area contributed by atoms with Crippen molar-refractivity contribution in [1.29, 1.82) is 5.41 Å². The molecule has 1 N–H and O–H groups in total. The maximum atomic E-state index is 12.9. The molecule has 0 aliphatic carbocycles. The number of carbonyl (C=O) groups excluding carboxylic acids is 1. The van der Waals surface area contributed by atoms with Crippen molar-refractivity contribution in [2.45, 2.75) is 26.5 Å². The molecule has 1 amide bonds. The SMILES string of the molecule is Cc1ccccc1-n1c(C)cc(C=C2C(=N)N3N=C(SCc4ccccc4)SC3=NC2=O)c1C. The second kappa shape index (κ2) is 9.12. The lowest BCUT2D eigenvalue weighted by atomic mass is 10.1. The molecule has 8 heteroatoms. The molecule has 0 radical (unpaired) electrons. The van der Waals surface area contributed by atoms with Crippen LogP contribution in [0.1, 0.15) is 28.1 Å². The number of fused-ring (bicyclic) bond motifs is 1. The molecule has 0 fully saturated rings. The smallest absolute Gasteiger partial charge is 0.283 e. The van der Waals surface area contributed by atoms with Gasteiger partial charge in [-0.3, -0.25) is 10.2 Å². The maximum Gasteiger partial charge on any atom is 0.283 e. The van der Waals surface area contributed by atoms with E-state index in [1.165, 1.54) is 27.9 Å². The predicted molar refractivity (Wildman–Crippen MR) is 143 cm³/mol. The minimum absolute atomic E-state index is 0.0542. The average Bonchev–Trinajstić information content (AvgIpc) is 3.36. The summed E-state index contributed by atoms with van der Waals surface area (Å²) < 4.78 is 2.95. The summed E-state index contributed by atoms with van der Waals surface area (Å²) in [6.07, 6.45) is 1.76. The molecule has 2 aliphatic rings. The largest absolute Gasteiger partial charge is 0.318 e. The summed E-state index contributed by atoms with van der Waals surface area (Å²) in [5, 5.41) is 15.1. The van der Waals surface area contributed by atoms with Crippen molar-refractivity contribution in [2.24, 2.45) is 10.1 Å². The number of aromatic nitrogens is 1. The molecule has 34 heavy (non-hydrogen) atoms. The summed E-state index contributed by atoms with van der Waals surface area (Å²) >= 11 is 2.91. The van der Waals surface area contributed by atoms with Crippen molar-refractivity contribution < 1.29 is 4.79 Å². The molecule has 1 aromatic heterocycles. The Bertz CT molecular complexity index is 1400. The number of nitrogens with zero attached hydrogens (tertiary/aromatic N) is 4. The predicted octanol–water partition coefficient (Wildman–Crippen LogP) is 5.91. The molecular formula is C26H23N5OS2. The minimum Gasteiger partial charge on any atom is -0.318 e. The highest BCUT2D eigenvalue weighted by Crippen LogP contribution is 2.34. The third-order valence-electron chi connectivity index (χ3n) is 5.77. The van der Waals surface area contributed by atoms with Crippen LogP contribution in [0.3, 0.4) is 0 Å².